The fourth-order valence-corrected chi connectivity index (χ4v) is 1.68. The molecule has 0 aliphatic heterocycles. The highest BCUT2D eigenvalue weighted by Gasteiger charge is 2.13. The molecule has 0 fully saturated rings. The van der Waals surface area contributed by atoms with Gasteiger partial charge in [0.2, 0.25) is 5.91 Å². The second-order valence-electron chi connectivity index (χ2n) is 4.04. The maximum absolute atomic E-state index is 11.9. The van der Waals surface area contributed by atoms with Gasteiger partial charge in [-0.05, 0) is 37.1 Å². The molecule has 0 radical (unpaired) electrons. The van der Waals surface area contributed by atoms with Crippen molar-refractivity contribution >= 4 is 11.6 Å². The standard InChI is InChI=1S/C15H19NO2/c1-3-13(4-2)15(18)16-14-9-7-12(8-10-14)6-5-11-17/h7-10,13,17H,3-4,11H2,1-2H3,(H,16,18). The molecule has 1 amide bonds. The predicted octanol–water partition coefficient (Wildman–Crippen LogP) is 2.41. The lowest BCUT2D eigenvalue weighted by molar-refractivity contribution is -0.120. The molecule has 0 atom stereocenters. The third kappa shape index (κ3) is 4.23. The molecule has 0 aromatic heterocycles. The zero-order valence-electron chi connectivity index (χ0n) is 10.9. The van der Waals surface area contributed by atoms with Crippen LogP contribution in [0.3, 0.4) is 0 Å². The van der Waals surface area contributed by atoms with Crippen molar-refractivity contribution in [1.82, 2.24) is 0 Å². The molecule has 1 rings (SSSR count). The molecule has 0 aliphatic rings. The van der Waals surface area contributed by atoms with E-state index in [9.17, 15) is 4.79 Å². The van der Waals surface area contributed by atoms with Crippen molar-refractivity contribution in [3.05, 3.63) is 29.8 Å². The summed E-state index contributed by atoms with van der Waals surface area (Å²) < 4.78 is 0. The van der Waals surface area contributed by atoms with Gasteiger partial charge in [-0.2, -0.15) is 0 Å². The molecule has 3 heteroatoms. The van der Waals surface area contributed by atoms with E-state index in [0.29, 0.717) is 0 Å². The number of nitrogens with one attached hydrogen (secondary N) is 1. The lowest BCUT2D eigenvalue weighted by Crippen LogP contribution is -2.21. The van der Waals surface area contributed by atoms with Crippen LogP contribution < -0.4 is 5.32 Å². The van der Waals surface area contributed by atoms with Crippen LogP contribution in [0.4, 0.5) is 5.69 Å². The predicted molar refractivity (Wildman–Crippen MR) is 73.1 cm³/mol. The first-order valence-corrected chi connectivity index (χ1v) is 6.21. The maximum Gasteiger partial charge on any atom is 0.227 e. The van der Waals surface area contributed by atoms with Crippen molar-refractivity contribution in [2.24, 2.45) is 5.92 Å². The summed E-state index contributed by atoms with van der Waals surface area (Å²) in [6.07, 6.45) is 1.70. The van der Waals surface area contributed by atoms with Crippen LogP contribution in [0, 0.1) is 17.8 Å². The maximum atomic E-state index is 11.9. The second kappa shape index (κ2) is 7.52. The molecule has 2 N–H and O–H groups in total. The van der Waals surface area contributed by atoms with Gasteiger partial charge in [0.15, 0.2) is 0 Å². The largest absolute Gasteiger partial charge is 0.384 e. The molecule has 0 unspecified atom stereocenters. The van der Waals surface area contributed by atoms with Gasteiger partial charge in [0.05, 0.1) is 0 Å². The van der Waals surface area contributed by atoms with E-state index in [2.05, 4.69) is 17.2 Å². The summed E-state index contributed by atoms with van der Waals surface area (Å²) in [5.41, 5.74) is 1.60. The molecule has 0 bridgehead atoms. The van der Waals surface area contributed by atoms with Crippen LogP contribution in [0.25, 0.3) is 0 Å². The summed E-state index contributed by atoms with van der Waals surface area (Å²) in [7, 11) is 0. The molecule has 18 heavy (non-hydrogen) atoms. The van der Waals surface area contributed by atoms with Gasteiger partial charge in [-0.25, -0.2) is 0 Å². The van der Waals surface area contributed by atoms with E-state index in [1.54, 1.807) is 0 Å². The van der Waals surface area contributed by atoms with E-state index >= 15 is 0 Å². The molecule has 0 heterocycles. The molecular formula is C15H19NO2. The Kier molecular flexibility index (Phi) is 5.96. The molecule has 96 valence electrons. The first-order valence-electron chi connectivity index (χ1n) is 6.21. The van der Waals surface area contributed by atoms with E-state index in [1.807, 2.05) is 38.1 Å². The first kappa shape index (κ1) is 14.3. The molecule has 0 aliphatic carbocycles. The van der Waals surface area contributed by atoms with Gasteiger partial charge in [0.1, 0.15) is 6.61 Å². The second-order valence-corrected chi connectivity index (χ2v) is 4.04. The minimum Gasteiger partial charge on any atom is -0.384 e. The minimum atomic E-state index is -0.146. The summed E-state index contributed by atoms with van der Waals surface area (Å²) in [5.74, 6) is 5.52. The third-order valence-electron chi connectivity index (χ3n) is 2.82. The smallest absolute Gasteiger partial charge is 0.227 e. The van der Waals surface area contributed by atoms with Crippen LogP contribution in [0.1, 0.15) is 32.3 Å². The number of aliphatic hydroxyl groups is 1. The Labute approximate surface area is 108 Å². The highest BCUT2D eigenvalue weighted by molar-refractivity contribution is 5.92. The number of rotatable bonds is 4. The average molecular weight is 245 g/mol. The lowest BCUT2D eigenvalue weighted by atomic mass is 10.0. The summed E-state index contributed by atoms with van der Waals surface area (Å²) in [6.45, 7) is 3.88. The average Bonchev–Trinajstić information content (AvgIpc) is 2.39. The van der Waals surface area contributed by atoms with Crippen LogP contribution in [-0.4, -0.2) is 17.6 Å². The zero-order valence-corrected chi connectivity index (χ0v) is 10.9. The Morgan fingerprint density at radius 2 is 1.89 bits per heavy atom. The van der Waals surface area contributed by atoms with Gasteiger partial charge < -0.3 is 10.4 Å². The number of aliphatic hydroxyl groups excluding tert-OH is 1. The Morgan fingerprint density at radius 3 is 2.39 bits per heavy atom. The molecule has 0 saturated carbocycles. The van der Waals surface area contributed by atoms with Crippen molar-refractivity contribution in [1.29, 1.82) is 0 Å². The van der Waals surface area contributed by atoms with Gasteiger partial charge in [-0.1, -0.05) is 25.7 Å². The van der Waals surface area contributed by atoms with Crippen LogP contribution in [-0.2, 0) is 4.79 Å². The highest BCUT2D eigenvalue weighted by atomic mass is 16.2. The molecule has 1 aromatic carbocycles. The SMILES string of the molecule is CCC(CC)C(=O)Nc1ccc(C#CCO)cc1. The third-order valence-corrected chi connectivity index (χ3v) is 2.82. The highest BCUT2D eigenvalue weighted by Crippen LogP contribution is 2.13. The minimum absolute atomic E-state index is 0.0641. The van der Waals surface area contributed by atoms with Crippen molar-refractivity contribution in [3.63, 3.8) is 0 Å². The zero-order chi connectivity index (χ0) is 13.4. The number of benzene rings is 1. The van der Waals surface area contributed by atoms with Gasteiger partial charge >= 0.3 is 0 Å². The molecule has 0 spiro atoms. The number of hydrogen-bond acceptors (Lipinski definition) is 2. The van der Waals surface area contributed by atoms with Crippen molar-refractivity contribution in [3.8, 4) is 11.8 Å². The summed E-state index contributed by atoms with van der Waals surface area (Å²) in [4.78, 5) is 11.9. The van der Waals surface area contributed by atoms with E-state index < -0.39 is 0 Å². The Hall–Kier alpha value is -1.79. The van der Waals surface area contributed by atoms with Crippen molar-refractivity contribution in [2.45, 2.75) is 26.7 Å². The molecule has 0 saturated heterocycles. The summed E-state index contributed by atoms with van der Waals surface area (Å²) in [5, 5.41) is 11.5. The van der Waals surface area contributed by atoms with E-state index in [0.717, 1.165) is 24.1 Å². The van der Waals surface area contributed by atoms with Crippen LogP contribution in [0.2, 0.25) is 0 Å². The number of hydrogen-bond donors (Lipinski definition) is 2. The Bertz CT molecular complexity index is 436. The fourth-order valence-electron chi connectivity index (χ4n) is 1.68. The van der Waals surface area contributed by atoms with E-state index in [1.165, 1.54) is 0 Å². The number of anilines is 1. The number of amides is 1. The van der Waals surface area contributed by atoms with Gasteiger partial charge in [-0.3, -0.25) is 4.79 Å². The van der Waals surface area contributed by atoms with Crippen molar-refractivity contribution in [2.75, 3.05) is 11.9 Å². The van der Waals surface area contributed by atoms with Gasteiger partial charge in [0.25, 0.3) is 0 Å². The number of carbonyl (C=O) groups excluding carboxylic acids is 1. The molecule has 3 nitrogen and oxygen atoms in total. The summed E-state index contributed by atoms with van der Waals surface area (Å²) in [6, 6.07) is 7.29. The van der Waals surface area contributed by atoms with Crippen molar-refractivity contribution < 1.29 is 9.90 Å². The Morgan fingerprint density at radius 1 is 1.28 bits per heavy atom. The van der Waals surface area contributed by atoms with Crippen LogP contribution in [0.15, 0.2) is 24.3 Å². The monoisotopic (exact) mass is 245 g/mol. The van der Waals surface area contributed by atoms with Crippen LogP contribution in [0.5, 0.6) is 0 Å². The first-order chi connectivity index (χ1) is 8.71. The lowest BCUT2D eigenvalue weighted by Gasteiger charge is -2.12. The molecule has 1 aromatic rings. The summed E-state index contributed by atoms with van der Waals surface area (Å²) >= 11 is 0. The molecular weight excluding hydrogens is 226 g/mol. The van der Waals surface area contributed by atoms with Gasteiger partial charge in [-0.15, -0.1) is 0 Å². The quantitative estimate of drug-likeness (QED) is 0.800. The topological polar surface area (TPSA) is 49.3 Å². The normalized spacial score (nSPS) is 9.78. The van der Waals surface area contributed by atoms with E-state index in [-0.39, 0.29) is 18.4 Å². The fraction of sp³-hybridized carbons (Fsp3) is 0.400. The van der Waals surface area contributed by atoms with Gasteiger partial charge in [0, 0.05) is 17.2 Å². The Balaban J connectivity index is 2.66. The van der Waals surface area contributed by atoms with E-state index in [4.69, 9.17) is 5.11 Å². The number of carbonyl (C=O) groups is 1. The van der Waals surface area contributed by atoms with Crippen LogP contribution >= 0.6 is 0 Å².